The maximum atomic E-state index is 11.4. The predicted molar refractivity (Wildman–Crippen MR) is 59.1 cm³/mol. The molecule has 84 valence electrons. The summed E-state index contributed by atoms with van der Waals surface area (Å²) in [5.41, 5.74) is 5.69. The highest BCUT2D eigenvalue weighted by molar-refractivity contribution is 5.81. The molecule has 14 heavy (non-hydrogen) atoms. The maximum Gasteiger partial charge on any atom is 0.236 e. The van der Waals surface area contributed by atoms with Crippen LogP contribution in [0, 0.1) is 0 Å². The third-order valence-corrected chi connectivity index (χ3v) is 2.06. The molecule has 0 spiro atoms. The van der Waals surface area contributed by atoms with Crippen LogP contribution < -0.4 is 11.1 Å². The fraction of sp³-hybridized carbons (Fsp3) is 0.900. The van der Waals surface area contributed by atoms with Crippen LogP contribution in [0.2, 0.25) is 0 Å². The van der Waals surface area contributed by atoms with E-state index in [4.69, 9.17) is 5.73 Å². The van der Waals surface area contributed by atoms with Crippen molar-refractivity contribution in [3.05, 3.63) is 0 Å². The number of unbranched alkanes of at least 4 members (excludes halogenated alkanes) is 1. The summed E-state index contributed by atoms with van der Waals surface area (Å²) in [5.74, 6) is -0.0275. The van der Waals surface area contributed by atoms with Gasteiger partial charge in [0.2, 0.25) is 5.91 Å². The summed E-state index contributed by atoms with van der Waals surface area (Å²) < 4.78 is 0. The first-order valence-corrected chi connectivity index (χ1v) is 5.26. The van der Waals surface area contributed by atoms with Gasteiger partial charge >= 0.3 is 0 Å². The second-order valence-corrected chi connectivity index (χ2v) is 3.84. The third kappa shape index (κ3) is 6.86. The second kappa shape index (κ2) is 7.76. The molecule has 0 aliphatic rings. The Morgan fingerprint density at radius 3 is 2.64 bits per heavy atom. The number of likely N-dealkylation sites (N-methyl/N-ethyl adjacent to an activating group) is 1. The van der Waals surface area contributed by atoms with Gasteiger partial charge in [-0.1, -0.05) is 19.8 Å². The van der Waals surface area contributed by atoms with E-state index in [1.165, 1.54) is 0 Å². The topological polar surface area (TPSA) is 58.4 Å². The van der Waals surface area contributed by atoms with Gasteiger partial charge in [0, 0.05) is 13.1 Å². The lowest BCUT2D eigenvalue weighted by Gasteiger charge is -2.13. The lowest BCUT2D eigenvalue weighted by molar-refractivity contribution is -0.122. The van der Waals surface area contributed by atoms with Crippen molar-refractivity contribution in [3.8, 4) is 0 Å². The summed E-state index contributed by atoms with van der Waals surface area (Å²) in [7, 11) is 3.95. The van der Waals surface area contributed by atoms with Gasteiger partial charge in [0.05, 0.1) is 6.04 Å². The zero-order valence-corrected chi connectivity index (χ0v) is 9.55. The minimum absolute atomic E-state index is 0.0275. The lowest BCUT2D eigenvalue weighted by Crippen LogP contribution is -2.42. The average Bonchev–Trinajstić information content (AvgIpc) is 2.13. The highest BCUT2D eigenvalue weighted by Gasteiger charge is 2.11. The molecule has 0 saturated heterocycles. The van der Waals surface area contributed by atoms with E-state index in [-0.39, 0.29) is 11.9 Å². The second-order valence-electron chi connectivity index (χ2n) is 3.84. The highest BCUT2D eigenvalue weighted by atomic mass is 16.2. The Bertz CT molecular complexity index is 159. The molecule has 0 saturated carbocycles. The summed E-state index contributed by atoms with van der Waals surface area (Å²) in [6, 6.07) is -0.336. The van der Waals surface area contributed by atoms with E-state index in [1.807, 2.05) is 19.0 Å². The number of nitrogens with zero attached hydrogens (tertiary/aromatic N) is 1. The SMILES string of the molecule is CCCC[C@H](N)C(=O)NCCN(C)C. The molecular weight excluding hydrogens is 178 g/mol. The molecule has 0 heterocycles. The van der Waals surface area contributed by atoms with Crippen LogP contribution in [-0.2, 0) is 4.79 Å². The zero-order valence-electron chi connectivity index (χ0n) is 9.55. The summed E-state index contributed by atoms with van der Waals surface area (Å²) in [6.45, 7) is 3.62. The van der Waals surface area contributed by atoms with E-state index in [1.54, 1.807) is 0 Å². The minimum atomic E-state index is -0.336. The molecule has 0 radical (unpaired) electrons. The quantitative estimate of drug-likeness (QED) is 0.618. The van der Waals surface area contributed by atoms with E-state index in [9.17, 15) is 4.79 Å². The zero-order chi connectivity index (χ0) is 11.0. The van der Waals surface area contributed by atoms with Crippen LogP contribution in [0.25, 0.3) is 0 Å². The standard InChI is InChI=1S/C10H23N3O/c1-4-5-6-9(11)10(14)12-7-8-13(2)3/h9H,4-8,11H2,1-3H3,(H,12,14)/t9-/m0/s1. The Kier molecular flexibility index (Phi) is 7.42. The molecule has 1 amide bonds. The van der Waals surface area contributed by atoms with Gasteiger partial charge in [-0.3, -0.25) is 4.79 Å². The molecule has 1 atom stereocenters. The number of rotatable bonds is 7. The maximum absolute atomic E-state index is 11.4. The largest absolute Gasteiger partial charge is 0.353 e. The van der Waals surface area contributed by atoms with Gasteiger partial charge in [0.1, 0.15) is 0 Å². The van der Waals surface area contributed by atoms with Gasteiger partial charge < -0.3 is 16.0 Å². The summed E-state index contributed by atoms with van der Waals surface area (Å²) in [6.07, 6.45) is 2.88. The molecule has 0 aliphatic heterocycles. The van der Waals surface area contributed by atoms with Crippen LogP contribution >= 0.6 is 0 Å². The first-order chi connectivity index (χ1) is 6.57. The number of amides is 1. The van der Waals surface area contributed by atoms with E-state index < -0.39 is 0 Å². The smallest absolute Gasteiger partial charge is 0.236 e. The molecule has 4 heteroatoms. The van der Waals surface area contributed by atoms with Gasteiger partial charge in [0.25, 0.3) is 0 Å². The van der Waals surface area contributed by atoms with Crippen molar-refractivity contribution in [3.63, 3.8) is 0 Å². The Labute approximate surface area is 86.8 Å². The van der Waals surface area contributed by atoms with Crippen molar-refractivity contribution in [2.45, 2.75) is 32.2 Å². The van der Waals surface area contributed by atoms with Crippen molar-refractivity contribution in [1.29, 1.82) is 0 Å². The number of nitrogens with two attached hydrogens (primary N) is 1. The molecular formula is C10H23N3O. The number of carbonyl (C=O) groups is 1. The van der Waals surface area contributed by atoms with E-state index in [0.717, 1.165) is 25.8 Å². The lowest BCUT2D eigenvalue weighted by atomic mass is 10.1. The van der Waals surface area contributed by atoms with E-state index in [2.05, 4.69) is 12.2 Å². The Balaban J connectivity index is 3.52. The predicted octanol–water partition coefficient (Wildman–Crippen LogP) is 0.182. The molecule has 0 unspecified atom stereocenters. The third-order valence-electron chi connectivity index (χ3n) is 2.06. The molecule has 0 bridgehead atoms. The van der Waals surface area contributed by atoms with Crippen molar-refractivity contribution >= 4 is 5.91 Å². The molecule has 0 fully saturated rings. The fourth-order valence-electron chi connectivity index (χ4n) is 1.09. The first-order valence-electron chi connectivity index (χ1n) is 5.26. The van der Waals surface area contributed by atoms with Crippen molar-refractivity contribution < 1.29 is 4.79 Å². The van der Waals surface area contributed by atoms with Gasteiger partial charge in [-0.25, -0.2) is 0 Å². The van der Waals surface area contributed by atoms with Crippen LogP contribution in [0.3, 0.4) is 0 Å². The van der Waals surface area contributed by atoms with Crippen LogP contribution in [0.1, 0.15) is 26.2 Å². The van der Waals surface area contributed by atoms with E-state index >= 15 is 0 Å². The van der Waals surface area contributed by atoms with Crippen molar-refractivity contribution in [2.24, 2.45) is 5.73 Å². The average molecular weight is 201 g/mol. The Hall–Kier alpha value is -0.610. The molecule has 4 nitrogen and oxygen atoms in total. The molecule has 0 aromatic heterocycles. The van der Waals surface area contributed by atoms with Gasteiger partial charge in [0.15, 0.2) is 0 Å². The van der Waals surface area contributed by atoms with E-state index in [0.29, 0.717) is 6.54 Å². The summed E-state index contributed by atoms with van der Waals surface area (Å²) in [4.78, 5) is 13.4. The number of hydrogen-bond donors (Lipinski definition) is 2. The Morgan fingerprint density at radius 1 is 1.50 bits per heavy atom. The monoisotopic (exact) mass is 201 g/mol. The minimum Gasteiger partial charge on any atom is -0.353 e. The number of nitrogens with one attached hydrogen (secondary N) is 1. The summed E-state index contributed by atoms with van der Waals surface area (Å²) >= 11 is 0. The van der Waals surface area contributed by atoms with Gasteiger partial charge in [-0.05, 0) is 20.5 Å². The molecule has 0 aromatic rings. The normalized spacial score (nSPS) is 12.9. The van der Waals surface area contributed by atoms with Gasteiger partial charge in [-0.2, -0.15) is 0 Å². The number of hydrogen-bond acceptors (Lipinski definition) is 3. The van der Waals surface area contributed by atoms with Crippen LogP contribution in [0.15, 0.2) is 0 Å². The van der Waals surface area contributed by atoms with Gasteiger partial charge in [-0.15, -0.1) is 0 Å². The van der Waals surface area contributed by atoms with Crippen LogP contribution in [0.4, 0.5) is 0 Å². The summed E-state index contributed by atoms with van der Waals surface area (Å²) in [5, 5.41) is 2.82. The fourth-order valence-corrected chi connectivity index (χ4v) is 1.09. The molecule has 3 N–H and O–H groups in total. The molecule has 0 rings (SSSR count). The first kappa shape index (κ1) is 13.4. The van der Waals surface area contributed by atoms with Crippen LogP contribution in [-0.4, -0.2) is 44.0 Å². The van der Waals surface area contributed by atoms with Crippen molar-refractivity contribution in [2.75, 3.05) is 27.2 Å². The van der Waals surface area contributed by atoms with Crippen LogP contribution in [0.5, 0.6) is 0 Å². The van der Waals surface area contributed by atoms with Crippen molar-refractivity contribution in [1.82, 2.24) is 10.2 Å². The molecule has 0 aliphatic carbocycles. The molecule has 0 aromatic carbocycles. The number of carbonyl (C=O) groups excluding carboxylic acids is 1. The Morgan fingerprint density at radius 2 is 2.14 bits per heavy atom. The highest BCUT2D eigenvalue weighted by Crippen LogP contribution is 1.97.